The van der Waals surface area contributed by atoms with Crippen LogP contribution in [0.3, 0.4) is 0 Å². The lowest BCUT2D eigenvalue weighted by atomic mass is 10.00. The summed E-state index contributed by atoms with van der Waals surface area (Å²) < 4.78 is 41.9. The van der Waals surface area contributed by atoms with E-state index in [1.807, 2.05) is 0 Å². The molecule has 0 spiro atoms. The second kappa shape index (κ2) is 5.07. The fourth-order valence-electron chi connectivity index (χ4n) is 3.77. The van der Waals surface area contributed by atoms with Gasteiger partial charge in [0, 0.05) is 21.5 Å². The molecule has 0 saturated carbocycles. The quantitative estimate of drug-likeness (QED) is 0.298. The van der Waals surface area contributed by atoms with Gasteiger partial charge in [-0.1, -0.05) is 24.3 Å². The SMILES string of the molecule is O=c1c2ccccc2n2c3ccccc3c(=O)c3cc(C(F)(F)F)cc1c32. The van der Waals surface area contributed by atoms with E-state index in [9.17, 15) is 22.8 Å². The number of halogens is 3. The first-order chi connectivity index (χ1) is 12.9. The first-order valence-corrected chi connectivity index (χ1v) is 8.21. The summed E-state index contributed by atoms with van der Waals surface area (Å²) in [6.45, 7) is 0. The van der Waals surface area contributed by atoms with Crippen LogP contribution in [0.25, 0.3) is 38.1 Å². The minimum absolute atomic E-state index is 0.110. The molecule has 3 nitrogen and oxygen atoms in total. The Bertz CT molecular complexity index is 1400. The zero-order valence-electron chi connectivity index (χ0n) is 13.7. The summed E-state index contributed by atoms with van der Waals surface area (Å²) >= 11 is 0. The van der Waals surface area contributed by atoms with E-state index in [0.29, 0.717) is 21.8 Å². The topological polar surface area (TPSA) is 38.5 Å². The molecule has 0 aliphatic heterocycles. The van der Waals surface area contributed by atoms with Gasteiger partial charge in [-0.2, -0.15) is 13.2 Å². The molecular formula is C21H10F3NO2. The van der Waals surface area contributed by atoms with Crippen LogP contribution in [0.2, 0.25) is 0 Å². The average molecular weight is 365 g/mol. The molecule has 0 atom stereocenters. The van der Waals surface area contributed by atoms with Crippen LogP contribution in [0.5, 0.6) is 0 Å². The molecule has 27 heavy (non-hydrogen) atoms. The van der Waals surface area contributed by atoms with E-state index in [1.54, 1.807) is 52.9 Å². The second-order valence-electron chi connectivity index (χ2n) is 6.45. The number of para-hydroxylation sites is 2. The zero-order valence-corrected chi connectivity index (χ0v) is 13.7. The van der Waals surface area contributed by atoms with Crippen LogP contribution in [0.4, 0.5) is 13.2 Å². The molecule has 3 aromatic carbocycles. The normalized spacial score (nSPS) is 12.6. The Morgan fingerprint density at radius 3 is 1.56 bits per heavy atom. The smallest absolute Gasteiger partial charge is 0.308 e. The summed E-state index contributed by atoms with van der Waals surface area (Å²) in [6, 6.07) is 15.1. The Morgan fingerprint density at radius 1 is 0.667 bits per heavy atom. The third kappa shape index (κ3) is 2.04. The lowest BCUT2D eigenvalue weighted by Crippen LogP contribution is -2.16. The molecule has 5 rings (SSSR count). The molecular weight excluding hydrogens is 355 g/mol. The number of hydrogen-bond donors (Lipinski definition) is 0. The van der Waals surface area contributed by atoms with Gasteiger partial charge in [-0.15, -0.1) is 0 Å². The van der Waals surface area contributed by atoms with Gasteiger partial charge in [0.2, 0.25) is 0 Å². The van der Waals surface area contributed by atoms with Crippen molar-refractivity contribution in [2.24, 2.45) is 0 Å². The maximum atomic E-state index is 13.4. The van der Waals surface area contributed by atoms with Crippen molar-refractivity contribution in [1.29, 1.82) is 0 Å². The zero-order chi connectivity index (χ0) is 18.9. The molecule has 2 aromatic heterocycles. The van der Waals surface area contributed by atoms with Gasteiger partial charge in [0.1, 0.15) is 0 Å². The van der Waals surface area contributed by atoms with Gasteiger partial charge in [0.15, 0.2) is 10.9 Å². The van der Waals surface area contributed by atoms with Crippen LogP contribution in [-0.2, 0) is 6.18 Å². The van der Waals surface area contributed by atoms with Crippen LogP contribution in [0.1, 0.15) is 5.56 Å². The standard InChI is InChI=1S/C21H10F3NO2/c22-21(23,24)11-9-14-18-15(10-11)20(27)13-6-2-4-8-17(13)25(18)16-7-3-1-5-12(16)19(14)26/h1-10H. The van der Waals surface area contributed by atoms with Crippen LogP contribution < -0.4 is 10.9 Å². The van der Waals surface area contributed by atoms with Crippen molar-refractivity contribution in [1.82, 2.24) is 4.40 Å². The molecule has 0 radical (unpaired) electrons. The van der Waals surface area contributed by atoms with Crippen LogP contribution in [-0.4, -0.2) is 4.40 Å². The summed E-state index contributed by atoms with van der Waals surface area (Å²) in [6.07, 6.45) is -4.66. The molecule has 2 heterocycles. The van der Waals surface area contributed by atoms with Crippen molar-refractivity contribution in [3.05, 3.63) is 86.7 Å². The van der Waals surface area contributed by atoms with Crippen LogP contribution >= 0.6 is 0 Å². The number of nitrogens with zero attached hydrogens (tertiary/aromatic N) is 1. The van der Waals surface area contributed by atoms with Crippen molar-refractivity contribution in [2.45, 2.75) is 6.18 Å². The Balaban J connectivity index is 2.26. The van der Waals surface area contributed by atoms with E-state index in [-0.39, 0.29) is 16.3 Å². The van der Waals surface area contributed by atoms with E-state index in [0.717, 1.165) is 12.1 Å². The van der Waals surface area contributed by atoms with Crippen molar-refractivity contribution in [3.8, 4) is 0 Å². The lowest BCUT2D eigenvalue weighted by Gasteiger charge is -2.16. The summed E-state index contributed by atoms with van der Waals surface area (Å²) in [4.78, 5) is 25.9. The molecule has 0 bridgehead atoms. The van der Waals surface area contributed by atoms with Gasteiger partial charge in [0.05, 0.1) is 22.1 Å². The van der Waals surface area contributed by atoms with Gasteiger partial charge in [0.25, 0.3) is 0 Å². The maximum Gasteiger partial charge on any atom is 0.416 e. The first-order valence-electron chi connectivity index (χ1n) is 8.21. The van der Waals surface area contributed by atoms with E-state index in [4.69, 9.17) is 0 Å². The Kier molecular flexibility index (Phi) is 2.97. The molecule has 0 aliphatic carbocycles. The third-order valence-corrected chi connectivity index (χ3v) is 4.93. The highest BCUT2D eigenvalue weighted by Crippen LogP contribution is 2.34. The van der Waals surface area contributed by atoms with E-state index < -0.39 is 22.6 Å². The highest BCUT2D eigenvalue weighted by molar-refractivity contribution is 6.08. The molecule has 0 unspecified atom stereocenters. The van der Waals surface area contributed by atoms with E-state index >= 15 is 0 Å². The van der Waals surface area contributed by atoms with Crippen molar-refractivity contribution in [2.75, 3.05) is 0 Å². The van der Waals surface area contributed by atoms with Crippen molar-refractivity contribution in [3.63, 3.8) is 0 Å². The lowest BCUT2D eigenvalue weighted by molar-refractivity contribution is -0.137. The number of rotatable bonds is 0. The number of pyridine rings is 2. The molecule has 132 valence electrons. The largest absolute Gasteiger partial charge is 0.416 e. The molecule has 5 aromatic rings. The van der Waals surface area contributed by atoms with Crippen molar-refractivity contribution < 1.29 is 13.2 Å². The van der Waals surface area contributed by atoms with Gasteiger partial charge < -0.3 is 4.40 Å². The maximum absolute atomic E-state index is 13.4. The minimum Gasteiger partial charge on any atom is -0.308 e. The third-order valence-electron chi connectivity index (χ3n) is 4.93. The summed E-state index contributed by atoms with van der Waals surface area (Å²) in [5.74, 6) is 0. The molecule has 0 aliphatic rings. The second-order valence-corrected chi connectivity index (χ2v) is 6.45. The van der Waals surface area contributed by atoms with E-state index in [2.05, 4.69) is 0 Å². The first kappa shape index (κ1) is 15.8. The number of alkyl halides is 3. The molecule has 6 heteroatoms. The number of aromatic nitrogens is 1. The fraction of sp³-hybridized carbons (Fsp3) is 0.0476. The molecule has 0 amide bonds. The highest BCUT2D eigenvalue weighted by Gasteiger charge is 2.32. The van der Waals surface area contributed by atoms with Gasteiger partial charge in [-0.3, -0.25) is 9.59 Å². The molecule has 0 fully saturated rings. The Labute approximate surface area is 149 Å². The van der Waals surface area contributed by atoms with Crippen molar-refractivity contribution >= 4 is 38.1 Å². The summed E-state index contributed by atoms with van der Waals surface area (Å²) in [5.41, 5.74) is -0.716. The molecule has 0 N–H and O–H groups in total. The van der Waals surface area contributed by atoms with Gasteiger partial charge in [-0.25, -0.2) is 0 Å². The fourth-order valence-corrected chi connectivity index (χ4v) is 3.77. The highest BCUT2D eigenvalue weighted by atomic mass is 19.4. The van der Waals surface area contributed by atoms with Gasteiger partial charge >= 0.3 is 6.18 Å². The number of benzene rings is 3. The number of fused-ring (bicyclic) bond motifs is 4. The van der Waals surface area contributed by atoms with Gasteiger partial charge in [-0.05, 0) is 36.4 Å². The number of hydrogen-bond acceptors (Lipinski definition) is 2. The Morgan fingerprint density at radius 2 is 1.11 bits per heavy atom. The van der Waals surface area contributed by atoms with Crippen LogP contribution in [0.15, 0.2) is 70.3 Å². The summed E-state index contributed by atoms with van der Waals surface area (Å²) in [7, 11) is 0. The summed E-state index contributed by atoms with van der Waals surface area (Å²) in [5, 5.41) is 0.390. The average Bonchev–Trinajstić information content (AvgIpc) is 2.66. The Hall–Kier alpha value is -3.41. The van der Waals surface area contributed by atoms with Crippen LogP contribution in [0, 0.1) is 0 Å². The minimum atomic E-state index is -4.66. The molecule has 0 saturated heterocycles. The predicted octanol–water partition coefficient (Wildman–Crippen LogP) is 4.58. The van der Waals surface area contributed by atoms with E-state index in [1.165, 1.54) is 0 Å². The predicted molar refractivity (Wildman–Crippen MR) is 98.6 cm³/mol. The monoisotopic (exact) mass is 365 g/mol.